The average Bonchev–Trinajstić information content (AvgIpc) is 2.97. The van der Waals surface area contributed by atoms with Crippen molar-refractivity contribution >= 4 is 46.2 Å². The van der Waals surface area contributed by atoms with E-state index in [-0.39, 0.29) is 11.8 Å². The molecule has 5 nitrogen and oxygen atoms in total. The highest BCUT2D eigenvalue weighted by Gasteiger charge is 2.31. The molecule has 0 N–H and O–H groups in total. The number of thiocarbonyl (C=S) groups is 1. The highest BCUT2D eigenvalue weighted by atomic mass is 32.2. The lowest BCUT2D eigenvalue weighted by Gasteiger charge is -2.27. The number of nitrogens with zero attached hydrogens (tertiary/aromatic N) is 2. The second-order valence-corrected chi connectivity index (χ2v) is 7.90. The zero-order valence-electron chi connectivity index (χ0n) is 15.0. The molecule has 3 rings (SSSR count). The lowest BCUT2D eigenvalue weighted by molar-refractivity contribution is -0.135. The number of hydrogen-bond acceptors (Lipinski definition) is 5. The van der Waals surface area contributed by atoms with E-state index in [0.29, 0.717) is 54.9 Å². The largest absolute Gasteiger partial charge is 0.378 e. The van der Waals surface area contributed by atoms with Crippen LogP contribution < -0.4 is 0 Å². The maximum Gasteiger partial charge on any atom is 0.266 e. The van der Waals surface area contributed by atoms with Gasteiger partial charge in [0.2, 0.25) is 5.91 Å². The molecule has 2 amide bonds. The Morgan fingerprint density at radius 1 is 1.22 bits per heavy atom. The zero-order chi connectivity index (χ0) is 19.1. The number of benzene rings is 1. The molecule has 0 radical (unpaired) electrons. The lowest BCUT2D eigenvalue weighted by atomic mass is 10.2. The summed E-state index contributed by atoms with van der Waals surface area (Å²) >= 11 is 6.64. The van der Waals surface area contributed by atoms with Gasteiger partial charge in [-0.1, -0.05) is 66.5 Å². The number of allylic oxidation sites excluding steroid dienone is 2. The molecule has 0 atom stereocenters. The van der Waals surface area contributed by atoms with Crippen molar-refractivity contribution in [3.05, 3.63) is 53.0 Å². The summed E-state index contributed by atoms with van der Waals surface area (Å²) in [5.74, 6) is 0.0339. The van der Waals surface area contributed by atoms with Crippen LogP contribution in [0, 0.1) is 0 Å². The quantitative estimate of drug-likeness (QED) is 0.541. The maximum absolute atomic E-state index is 12.5. The molecule has 2 saturated heterocycles. The van der Waals surface area contributed by atoms with Gasteiger partial charge < -0.3 is 9.64 Å². The summed E-state index contributed by atoms with van der Waals surface area (Å²) in [4.78, 5) is 28.8. The summed E-state index contributed by atoms with van der Waals surface area (Å²) in [6.45, 7) is 2.97. The van der Waals surface area contributed by atoms with Crippen molar-refractivity contribution < 1.29 is 14.3 Å². The van der Waals surface area contributed by atoms with Crippen molar-refractivity contribution in [1.82, 2.24) is 9.80 Å². The van der Waals surface area contributed by atoms with E-state index in [9.17, 15) is 9.59 Å². The van der Waals surface area contributed by atoms with Crippen molar-refractivity contribution in [1.29, 1.82) is 0 Å². The molecule has 2 heterocycles. The molecular weight excluding hydrogens is 380 g/mol. The number of ether oxygens (including phenoxy) is 1. The van der Waals surface area contributed by atoms with Crippen LogP contribution in [0.5, 0.6) is 0 Å². The van der Waals surface area contributed by atoms with Gasteiger partial charge in [0.1, 0.15) is 4.32 Å². The minimum atomic E-state index is -0.0819. The van der Waals surface area contributed by atoms with Gasteiger partial charge in [-0.2, -0.15) is 0 Å². The Bertz CT molecular complexity index is 756. The highest BCUT2D eigenvalue weighted by molar-refractivity contribution is 8.26. The molecular formula is C20H22N2O3S2. The summed E-state index contributed by atoms with van der Waals surface area (Å²) < 4.78 is 5.81. The van der Waals surface area contributed by atoms with Gasteiger partial charge in [0.15, 0.2) is 0 Å². The second kappa shape index (κ2) is 9.82. The average molecular weight is 403 g/mol. The third kappa shape index (κ3) is 5.51. The molecule has 0 bridgehead atoms. The Balaban J connectivity index is 1.49. The number of amides is 2. The van der Waals surface area contributed by atoms with Crippen LogP contribution in [0.1, 0.15) is 18.4 Å². The van der Waals surface area contributed by atoms with Gasteiger partial charge in [-0.15, -0.1) is 0 Å². The minimum Gasteiger partial charge on any atom is -0.378 e. The Morgan fingerprint density at radius 2 is 1.96 bits per heavy atom. The third-order valence-corrected chi connectivity index (χ3v) is 5.74. The van der Waals surface area contributed by atoms with Gasteiger partial charge in [-0.05, 0) is 18.1 Å². The molecule has 27 heavy (non-hydrogen) atoms. The molecule has 0 unspecified atom stereocenters. The predicted octanol–water partition coefficient (Wildman–Crippen LogP) is 3.08. The minimum absolute atomic E-state index is 0.0819. The van der Waals surface area contributed by atoms with Crippen LogP contribution in [0.25, 0.3) is 6.08 Å². The standard InChI is InChI=1S/C20H22N2O3S2/c23-18(21-12-14-25-15-13-21)10-5-11-22-19(24)17(27-20(22)26)9-4-8-16-6-2-1-3-7-16/h1-4,6-9H,5,10-15H2. The van der Waals surface area contributed by atoms with E-state index in [4.69, 9.17) is 17.0 Å². The summed E-state index contributed by atoms with van der Waals surface area (Å²) in [5, 5.41) is 0. The second-order valence-electron chi connectivity index (χ2n) is 6.22. The predicted molar refractivity (Wildman–Crippen MR) is 112 cm³/mol. The molecule has 2 aliphatic rings. The fourth-order valence-corrected chi connectivity index (χ4v) is 4.14. The van der Waals surface area contributed by atoms with Crippen molar-refractivity contribution in [3.8, 4) is 0 Å². The molecule has 0 spiro atoms. The van der Waals surface area contributed by atoms with Gasteiger partial charge in [-0.25, -0.2) is 0 Å². The van der Waals surface area contributed by atoms with Crippen molar-refractivity contribution in [3.63, 3.8) is 0 Å². The number of carbonyl (C=O) groups excluding carboxylic acids is 2. The number of thioether (sulfide) groups is 1. The van der Waals surface area contributed by atoms with Crippen LogP contribution in [0.3, 0.4) is 0 Å². The van der Waals surface area contributed by atoms with Crippen LogP contribution in [0.2, 0.25) is 0 Å². The van der Waals surface area contributed by atoms with Crippen molar-refractivity contribution in [2.75, 3.05) is 32.8 Å². The normalized spacial score (nSPS) is 19.5. The number of carbonyl (C=O) groups is 2. The first-order valence-electron chi connectivity index (χ1n) is 8.98. The maximum atomic E-state index is 12.5. The fraction of sp³-hybridized carbons (Fsp3) is 0.350. The lowest BCUT2D eigenvalue weighted by Crippen LogP contribution is -2.41. The Kier molecular flexibility index (Phi) is 7.20. The first-order valence-corrected chi connectivity index (χ1v) is 10.2. The van der Waals surface area contributed by atoms with Crippen LogP contribution in [0.4, 0.5) is 0 Å². The zero-order valence-corrected chi connectivity index (χ0v) is 16.6. The summed E-state index contributed by atoms with van der Waals surface area (Å²) in [7, 11) is 0. The molecule has 1 aromatic carbocycles. The Hall–Kier alpha value is -1.96. The van der Waals surface area contributed by atoms with Gasteiger partial charge in [0.25, 0.3) is 5.91 Å². The summed E-state index contributed by atoms with van der Waals surface area (Å²) in [6.07, 6.45) is 6.64. The van der Waals surface area contributed by atoms with E-state index in [0.717, 1.165) is 5.56 Å². The van der Waals surface area contributed by atoms with E-state index in [1.165, 1.54) is 11.8 Å². The number of hydrogen-bond donors (Lipinski definition) is 0. The van der Waals surface area contributed by atoms with Crippen molar-refractivity contribution in [2.24, 2.45) is 0 Å². The Morgan fingerprint density at radius 3 is 2.70 bits per heavy atom. The van der Waals surface area contributed by atoms with Gasteiger partial charge >= 0.3 is 0 Å². The molecule has 2 fully saturated rings. The monoisotopic (exact) mass is 402 g/mol. The topological polar surface area (TPSA) is 49.9 Å². The van der Waals surface area contributed by atoms with Crippen LogP contribution in [0.15, 0.2) is 47.4 Å². The number of morpholine rings is 1. The molecule has 1 aromatic rings. The molecule has 0 aliphatic carbocycles. The van der Waals surface area contributed by atoms with Gasteiger partial charge in [0.05, 0.1) is 18.1 Å². The first kappa shape index (κ1) is 19.8. The van der Waals surface area contributed by atoms with E-state index in [2.05, 4.69) is 0 Å². The van der Waals surface area contributed by atoms with E-state index < -0.39 is 0 Å². The Labute approximate surface area is 169 Å². The fourth-order valence-electron chi connectivity index (χ4n) is 2.88. The summed E-state index contributed by atoms with van der Waals surface area (Å²) in [5.41, 5.74) is 1.07. The van der Waals surface area contributed by atoms with Gasteiger partial charge in [0, 0.05) is 26.1 Å². The molecule has 2 aliphatic heterocycles. The van der Waals surface area contributed by atoms with Gasteiger partial charge in [-0.3, -0.25) is 14.5 Å². The van der Waals surface area contributed by atoms with Crippen LogP contribution >= 0.6 is 24.0 Å². The van der Waals surface area contributed by atoms with E-state index in [1.807, 2.05) is 47.4 Å². The SMILES string of the molecule is O=C(CCCN1C(=O)C(=CC=Cc2ccccc2)SC1=S)N1CCOCC1. The smallest absolute Gasteiger partial charge is 0.266 e. The molecule has 0 saturated carbocycles. The van der Waals surface area contributed by atoms with Crippen LogP contribution in [-0.4, -0.2) is 58.8 Å². The van der Waals surface area contributed by atoms with E-state index in [1.54, 1.807) is 11.0 Å². The molecule has 7 heteroatoms. The first-order chi connectivity index (χ1) is 13.1. The van der Waals surface area contributed by atoms with Crippen LogP contribution in [-0.2, 0) is 14.3 Å². The van der Waals surface area contributed by atoms with Crippen molar-refractivity contribution in [2.45, 2.75) is 12.8 Å². The van der Waals surface area contributed by atoms with E-state index >= 15 is 0 Å². The highest BCUT2D eigenvalue weighted by Crippen LogP contribution is 2.31. The summed E-state index contributed by atoms with van der Waals surface area (Å²) in [6, 6.07) is 9.91. The molecule has 142 valence electrons. The number of rotatable bonds is 6. The molecule has 0 aromatic heterocycles. The third-order valence-electron chi connectivity index (χ3n) is 4.35.